The minimum atomic E-state index is -0.474. The number of carbonyl (C=O) groups excluding carboxylic acids is 1. The molecule has 0 spiro atoms. The first-order valence-electron chi connectivity index (χ1n) is 6.08. The Morgan fingerprint density at radius 1 is 1.47 bits per heavy atom. The lowest BCUT2D eigenvalue weighted by Crippen LogP contribution is -2.30. The molecule has 0 unspecified atom stereocenters. The molecule has 0 saturated heterocycles. The lowest BCUT2D eigenvalue weighted by Gasteiger charge is -2.19. The van der Waals surface area contributed by atoms with E-state index in [0.29, 0.717) is 23.7 Å². The molecule has 0 radical (unpaired) electrons. The summed E-state index contributed by atoms with van der Waals surface area (Å²) in [5.41, 5.74) is 0.748. The number of carbonyl (C=O) groups is 1. The zero-order chi connectivity index (χ0) is 14.6. The average molecular weight is 265 g/mol. The number of anilines is 1. The zero-order valence-electron chi connectivity index (χ0n) is 11.6. The second-order valence-electron chi connectivity index (χ2n) is 4.82. The molecule has 104 valence electrons. The van der Waals surface area contributed by atoms with Gasteiger partial charge in [-0.25, -0.2) is 0 Å². The van der Waals surface area contributed by atoms with Crippen molar-refractivity contribution in [1.29, 1.82) is 0 Å². The van der Waals surface area contributed by atoms with E-state index in [-0.39, 0.29) is 11.6 Å². The largest absolute Gasteiger partial charge is 0.383 e. The predicted octanol–water partition coefficient (Wildman–Crippen LogP) is 2.36. The van der Waals surface area contributed by atoms with Gasteiger partial charge in [-0.15, -0.1) is 0 Å². The van der Waals surface area contributed by atoms with Crippen LogP contribution in [-0.4, -0.2) is 36.4 Å². The Morgan fingerprint density at radius 2 is 2.11 bits per heavy atom. The van der Waals surface area contributed by atoms with Crippen molar-refractivity contribution in [2.24, 2.45) is 5.92 Å². The van der Waals surface area contributed by atoms with Gasteiger partial charge in [-0.3, -0.25) is 14.9 Å². The minimum absolute atomic E-state index is 0.0365. The van der Waals surface area contributed by atoms with E-state index >= 15 is 0 Å². The Hall–Kier alpha value is -2.11. The second-order valence-corrected chi connectivity index (χ2v) is 4.82. The number of hydrogen-bond acceptors (Lipinski definition) is 4. The van der Waals surface area contributed by atoms with Crippen molar-refractivity contribution in [2.75, 3.05) is 26.0 Å². The fraction of sp³-hybridized carbons (Fsp3) is 0.462. The summed E-state index contributed by atoms with van der Waals surface area (Å²) in [6, 6.07) is 4.34. The van der Waals surface area contributed by atoms with Gasteiger partial charge in [0.05, 0.1) is 4.92 Å². The standard InChI is InChI=1S/C13H19N3O3/c1-9(2)8-15(4)13(17)10-5-6-12(16(18)19)11(7-10)14-3/h5-7,9,14H,8H2,1-4H3. The fourth-order valence-corrected chi connectivity index (χ4v) is 1.88. The van der Waals surface area contributed by atoms with E-state index < -0.39 is 4.92 Å². The van der Waals surface area contributed by atoms with Crippen molar-refractivity contribution in [3.05, 3.63) is 33.9 Å². The Morgan fingerprint density at radius 3 is 2.58 bits per heavy atom. The molecule has 0 aliphatic rings. The average Bonchev–Trinajstić information content (AvgIpc) is 2.36. The molecule has 0 aliphatic carbocycles. The SMILES string of the molecule is CNc1cc(C(=O)N(C)CC(C)C)ccc1[N+](=O)[O-]. The summed E-state index contributed by atoms with van der Waals surface area (Å²) in [5.74, 6) is 0.232. The first-order chi connectivity index (χ1) is 8.86. The quantitative estimate of drug-likeness (QED) is 0.655. The molecule has 1 amide bonds. The minimum Gasteiger partial charge on any atom is -0.383 e. The number of hydrogen-bond donors (Lipinski definition) is 1. The molecule has 1 rings (SSSR count). The van der Waals surface area contributed by atoms with E-state index in [0.717, 1.165) is 0 Å². The third-order valence-electron chi connectivity index (χ3n) is 2.70. The number of nitro benzene ring substituents is 1. The number of amides is 1. The van der Waals surface area contributed by atoms with Crippen molar-refractivity contribution in [3.63, 3.8) is 0 Å². The molecule has 0 aromatic heterocycles. The molecule has 0 saturated carbocycles. The van der Waals surface area contributed by atoms with Crippen LogP contribution < -0.4 is 5.32 Å². The maximum absolute atomic E-state index is 12.2. The topological polar surface area (TPSA) is 75.5 Å². The van der Waals surface area contributed by atoms with E-state index in [4.69, 9.17) is 0 Å². The maximum atomic E-state index is 12.2. The van der Waals surface area contributed by atoms with Crippen LogP contribution in [0.1, 0.15) is 24.2 Å². The van der Waals surface area contributed by atoms with Gasteiger partial charge in [-0.05, 0) is 18.1 Å². The number of benzene rings is 1. The van der Waals surface area contributed by atoms with E-state index in [2.05, 4.69) is 5.32 Å². The van der Waals surface area contributed by atoms with Gasteiger partial charge in [0, 0.05) is 32.3 Å². The van der Waals surface area contributed by atoms with Crippen molar-refractivity contribution in [2.45, 2.75) is 13.8 Å². The van der Waals surface area contributed by atoms with Crippen LogP contribution in [0.5, 0.6) is 0 Å². The van der Waals surface area contributed by atoms with E-state index in [9.17, 15) is 14.9 Å². The Labute approximate surface area is 112 Å². The molecule has 6 heteroatoms. The zero-order valence-corrected chi connectivity index (χ0v) is 11.6. The number of nitro groups is 1. The van der Waals surface area contributed by atoms with E-state index in [1.807, 2.05) is 13.8 Å². The van der Waals surface area contributed by atoms with Crippen LogP contribution in [0.25, 0.3) is 0 Å². The highest BCUT2D eigenvalue weighted by Gasteiger charge is 2.18. The van der Waals surface area contributed by atoms with Crippen molar-refractivity contribution in [1.82, 2.24) is 4.90 Å². The number of rotatable bonds is 5. The molecule has 6 nitrogen and oxygen atoms in total. The summed E-state index contributed by atoms with van der Waals surface area (Å²) < 4.78 is 0. The fourth-order valence-electron chi connectivity index (χ4n) is 1.88. The Kier molecular flexibility index (Phi) is 4.86. The summed E-state index contributed by atoms with van der Waals surface area (Å²) in [4.78, 5) is 24.1. The van der Waals surface area contributed by atoms with Crippen LogP contribution in [0.15, 0.2) is 18.2 Å². The van der Waals surface area contributed by atoms with Crippen LogP contribution in [0.2, 0.25) is 0 Å². The van der Waals surface area contributed by atoms with Crippen molar-refractivity contribution >= 4 is 17.3 Å². The lowest BCUT2D eigenvalue weighted by molar-refractivity contribution is -0.383. The summed E-state index contributed by atoms with van der Waals surface area (Å²) in [5, 5.41) is 13.6. The Balaban J connectivity index is 3.02. The van der Waals surface area contributed by atoms with Crippen LogP contribution in [-0.2, 0) is 0 Å². The molecule has 0 bridgehead atoms. The maximum Gasteiger partial charge on any atom is 0.292 e. The monoisotopic (exact) mass is 265 g/mol. The van der Waals surface area contributed by atoms with Gasteiger partial charge >= 0.3 is 0 Å². The molecular formula is C13H19N3O3. The molecule has 19 heavy (non-hydrogen) atoms. The summed E-state index contributed by atoms with van der Waals surface area (Å²) in [6.07, 6.45) is 0. The molecule has 0 aliphatic heterocycles. The van der Waals surface area contributed by atoms with Gasteiger partial charge in [0.2, 0.25) is 0 Å². The second kappa shape index (κ2) is 6.17. The normalized spacial score (nSPS) is 10.4. The summed E-state index contributed by atoms with van der Waals surface area (Å²) in [7, 11) is 3.32. The first-order valence-corrected chi connectivity index (χ1v) is 6.08. The number of nitrogens with one attached hydrogen (secondary N) is 1. The highest BCUT2D eigenvalue weighted by Crippen LogP contribution is 2.25. The molecule has 0 atom stereocenters. The van der Waals surface area contributed by atoms with Crippen LogP contribution in [0.4, 0.5) is 11.4 Å². The third-order valence-corrected chi connectivity index (χ3v) is 2.70. The summed E-state index contributed by atoms with van der Waals surface area (Å²) in [6.45, 7) is 4.70. The lowest BCUT2D eigenvalue weighted by atomic mass is 10.1. The molecule has 1 aromatic carbocycles. The smallest absolute Gasteiger partial charge is 0.292 e. The van der Waals surface area contributed by atoms with Crippen LogP contribution in [0, 0.1) is 16.0 Å². The molecule has 1 N–H and O–H groups in total. The molecule has 1 aromatic rings. The van der Waals surface area contributed by atoms with Crippen LogP contribution in [0.3, 0.4) is 0 Å². The first kappa shape index (κ1) is 14.9. The van der Waals surface area contributed by atoms with Gasteiger partial charge in [-0.2, -0.15) is 0 Å². The van der Waals surface area contributed by atoms with Gasteiger partial charge in [0.15, 0.2) is 0 Å². The van der Waals surface area contributed by atoms with Gasteiger partial charge in [0.25, 0.3) is 11.6 Å². The van der Waals surface area contributed by atoms with Crippen molar-refractivity contribution < 1.29 is 9.72 Å². The van der Waals surface area contributed by atoms with Gasteiger partial charge in [0.1, 0.15) is 5.69 Å². The van der Waals surface area contributed by atoms with E-state index in [1.54, 1.807) is 19.0 Å². The van der Waals surface area contributed by atoms with Crippen molar-refractivity contribution in [3.8, 4) is 0 Å². The van der Waals surface area contributed by atoms with Gasteiger partial charge in [-0.1, -0.05) is 13.8 Å². The predicted molar refractivity (Wildman–Crippen MR) is 74.4 cm³/mol. The molecular weight excluding hydrogens is 246 g/mol. The van der Waals surface area contributed by atoms with Gasteiger partial charge < -0.3 is 10.2 Å². The third kappa shape index (κ3) is 3.67. The molecule has 0 heterocycles. The molecule has 0 fully saturated rings. The number of nitrogens with zero attached hydrogens (tertiary/aromatic N) is 2. The summed E-state index contributed by atoms with van der Waals surface area (Å²) >= 11 is 0. The highest BCUT2D eigenvalue weighted by atomic mass is 16.6. The Bertz CT molecular complexity index is 486. The van der Waals surface area contributed by atoms with E-state index in [1.165, 1.54) is 18.2 Å². The highest BCUT2D eigenvalue weighted by molar-refractivity contribution is 5.95. The van der Waals surface area contributed by atoms with Crippen LogP contribution >= 0.6 is 0 Å².